The number of aliphatic hydroxyl groups is 1. The molecule has 0 aliphatic heterocycles. The molecule has 0 saturated carbocycles. The Hall–Kier alpha value is -0.940. The van der Waals surface area contributed by atoms with E-state index in [1.807, 2.05) is 19.9 Å². The molecule has 5 nitrogen and oxygen atoms in total. The van der Waals surface area contributed by atoms with E-state index in [1.54, 1.807) is 0 Å². The van der Waals surface area contributed by atoms with Crippen molar-refractivity contribution in [2.45, 2.75) is 24.1 Å². The van der Waals surface area contributed by atoms with E-state index in [0.717, 1.165) is 11.3 Å². The fourth-order valence-corrected chi connectivity index (χ4v) is 3.66. The molecule has 0 aromatic carbocycles. The first-order chi connectivity index (χ1) is 7.90. The Kier molecular flexibility index (Phi) is 4.65. The summed E-state index contributed by atoms with van der Waals surface area (Å²) in [5.41, 5.74) is 0. The number of nitrogens with zero attached hydrogens (tertiary/aromatic N) is 1. The number of hydrogen-bond acceptors (Lipinski definition) is 5. The van der Waals surface area contributed by atoms with Crippen LogP contribution < -0.4 is 4.72 Å². The summed E-state index contributed by atoms with van der Waals surface area (Å²) >= 11 is 0.911. The van der Waals surface area contributed by atoms with E-state index in [4.69, 9.17) is 10.4 Å². The van der Waals surface area contributed by atoms with Crippen LogP contribution in [0.25, 0.3) is 0 Å². The lowest BCUT2D eigenvalue weighted by Crippen LogP contribution is -2.40. The molecule has 0 fully saturated rings. The predicted octanol–water partition coefficient (Wildman–Crippen LogP) is 0.915. The van der Waals surface area contributed by atoms with Gasteiger partial charge in [-0.2, -0.15) is 5.26 Å². The second-order valence-electron chi connectivity index (χ2n) is 3.88. The zero-order valence-electron chi connectivity index (χ0n) is 9.54. The second kappa shape index (κ2) is 5.60. The highest BCUT2D eigenvalue weighted by atomic mass is 32.2. The quantitative estimate of drug-likeness (QED) is 0.835. The zero-order valence-corrected chi connectivity index (χ0v) is 11.2. The van der Waals surface area contributed by atoms with E-state index >= 15 is 0 Å². The molecule has 17 heavy (non-hydrogen) atoms. The van der Waals surface area contributed by atoms with Gasteiger partial charge >= 0.3 is 0 Å². The molecule has 94 valence electrons. The van der Waals surface area contributed by atoms with Crippen molar-refractivity contribution in [3.05, 3.63) is 17.0 Å². The minimum atomic E-state index is -3.65. The Morgan fingerprint density at radius 1 is 1.53 bits per heavy atom. The number of hydrogen-bond donors (Lipinski definition) is 2. The van der Waals surface area contributed by atoms with Crippen molar-refractivity contribution in [1.82, 2.24) is 4.72 Å². The SMILES string of the molecule is CC(C)[C@@H](CO)NS(=O)(=O)c1ccc(C#N)s1. The summed E-state index contributed by atoms with van der Waals surface area (Å²) in [6.07, 6.45) is 0. The van der Waals surface area contributed by atoms with E-state index in [1.165, 1.54) is 12.1 Å². The maximum atomic E-state index is 11.9. The molecule has 0 aliphatic carbocycles. The first kappa shape index (κ1) is 14.1. The highest BCUT2D eigenvalue weighted by molar-refractivity contribution is 7.91. The van der Waals surface area contributed by atoms with Gasteiger partial charge < -0.3 is 5.11 Å². The highest BCUT2D eigenvalue weighted by Gasteiger charge is 2.23. The largest absolute Gasteiger partial charge is 0.395 e. The van der Waals surface area contributed by atoms with Gasteiger partial charge in [-0.1, -0.05) is 13.8 Å². The molecule has 0 unspecified atom stereocenters. The number of rotatable bonds is 5. The summed E-state index contributed by atoms with van der Waals surface area (Å²) in [6.45, 7) is 3.38. The lowest BCUT2D eigenvalue weighted by atomic mass is 10.1. The fourth-order valence-electron chi connectivity index (χ4n) is 1.17. The van der Waals surface area contributed by atoms with Gasteiger partial charge in [-0.05, 0) is 18.1 Å². The summed E-state index contributed by atoms with van der Waals surface area (Å²) in [4.78, 5) is 0.343. The number of nitriles is 1. The monoisotopic (exact) mass is 274 g/mol. The van der Waals surface area contributed by atoms with Crippen LogP contribution in [0.15, 0.2) is 16.3 Å². The summed E-state index contributed by atoms with van der Waals surface area (Å²) in [5.74, 6) is -0.00910. The minimum Gasteiger partial charge on any atom is -0.395 e. The topological polar surface area (TPSA) is 90.2 Å². The Bertz CT molecular complexity index is 514. The highest BCUT2D eigenvalue weighted by Crippen LogP contribution is 2.21. The van der Waals surface area contributed by atoms with Crippen molar-refractivity contribution in [2.24, 2.45) is 5.92 Å². The van der Waals surface area contributed by atoms with Crippen LogP contribution in [0.5, 0.6) is 0 Å². The Morgan fingerprint density at radius 3 is 2.59 bits per heavy atom. The van der Waals surface area contributed by atoms with E-state index in [-0.39, 0.29) is 16.7 Å². The molecule has 1 aromatic rings. The van der Waals surface area contributed by atoms with Crippen LogP contribution in [0.3, 0.4) is 0 Å². The summed E-state index contributed by atoms with van der Waals surface area (Å²) in [7, 11) is -3.65. The maximum absolute atomic E-state index is 11.9. The fraction of sp³-hybridized carbons (Fsp3) is 0.500. The minimum absolute atomic E-state index is 0.00910. The molecular weight excluding hydrogens is 260 g/mol. The predicted molar refractivity (Wildman–Crippen MR) is 65.1 cm³/mol. The van der Waals surface area contributed by atoms with E-state index in [9.17, 15) is 8.42 Å². The molecule has 0 radical (unpaired) electrons. The van der Waals surface area contributed by atoms with Crippen molar-refractivity contribution in [1.29, 1.82) is 5.26 Å². The Labute approximate surface area is 105 Å². The van der Waals surface area contributed by atoms with Gasteiger partial charge in [0.05, 0.1) is 6.61 Å². The van der Waals surface area contributed by atoms with Crippen LogP contribution in [0.4, 0.5) is 0 Å². The van der Waals surface area contributed by atoms with Crippen LogP contribution in [-0.4, -0.2) is 26.2 Å². The van der Waals surface area contributed by atoms with E-state index < -0.39 is 16.1 Å². The van der Waals surface area contributed by atoms with E-state index in [2.05, 4.69) is 4.72 Å². The van der Waals surface area contributed by atoms with Gasteiger partial charge in [0.2, 0.25) is 10.0 Å². The van der Waals surface area contributed by atoms with Gasteiger partial charge in [0, 0.05) is 6.04 Å². The summed E-state index contributed by atoms with van der Waals surface area (Å²) < 4.78 is 26.3. The van der Waals surface area contributed by atoms with Gasteiger partial charge in [-0.25, -0.2) is 13.1 Å². The maximum Gasteiger partial charge on any atom is 0.250 e. The average molecular weight is 274 g/mol. The van der Waals surface area contributed by atoms with Gasteiger partial charge in [0.1, 0.15) is 15.2 Å². The third kappa shape index (κ3) is 3.51. The number of aliphatic hydroxyl groups excluding tert-OH is 1. The van der Waals surface area contributed by atoms with E-state index in [0.29, 0.717) is 4.88 Å². The van der Waals surface area contributed by atoms with Crippen molar-refractivity contribution in [3.63, 3.8) is 0 Å². The Balaban J connectivity index is 2.92. The van der Waals surface area contributed by atoms with Crippen molar-refractivity contribution < 1.29 is 13.5 Å². The number of sulfonamides is 1. The van der Waals surface area contributed by atoms with Crippen molar-refractivity contribution in [2.75, 3.05) is 6.61 Å². The molecular formula is C10H14N2O3S2. The first-order valence-corrected chi connectivity index (χ1v) is 7.33. The lowest BCUT2D eigenvalue weighted by molar-refractivity contribution is 0.228. The zero-order chi connectivity index (χ0) is 13.1. The normalized spacial score (nSPS) is 13.6. The standard InChI is InChI=1S/C10H14N2O3S2/c1-7(2)9(6-13)12-17(14,15)10-4-3-8(5-11)16-10/h3-4,7,9,12-13H,6H2,1-2H3/t9-/m1/s1. The third-order valence-corrected chi connectivity index (χ3v) is 5.24. The molecule has 1 rings (SSSR count). The van der Waals surface area contributed by atoms with Crippen molar-refractivity contribution in [3.8, 4) is 6.07 Å². The van der Waals surface area contributed by atoms with Crippen LogP contribution in [0.2, 0.25) is 0 Å². The molecule has 1 heterocycles. The first-order valence-electron chi connectivity index (χ1n) is 5.04. The number of nitrogens with one attached hydrogen (secondary N) is 1. The molecule has 0 amide bonds. The lowest BCUT2D eigenvalue weighted by Gasteiger charge is -2.19. The van der Waals surface area contributed by atoms with Crippen molar-refractivity contribution >= 4 is 21.4 Å². The summed E-state index contributed by atoms with van der Waals surface area (Å²) in [6, 6.07) is 4.22. The molecule has 0 bridgehead atoms. The number of thiophene rings is 1. The molecule has 7 heteroatoms. The van der Waals surface area contributed by atoms with Gasteiger partial charge in [0.25, 0.3) is 0 Å². The van der Waals surface area contributed by atoms with Crippen LogP contribution in [0.1, 0.15) is 18.7 Å². The third-order valence-electron chi connectivity index (χ3n) is 2.26. The smallest absolute Gasteiger partial charge is 0.250 e. The second-order valence-corrected chi connectivity index (χ2v) is 6.91. The average Bonchev–Trinajstić information content (AvgIpc) is 2.74. The van der Waals surface area contributed by atoms with Crippen LogP contribution >= 0.6 is 11.3 Å². The van der Waals surface area contributed by atoms with Gasteiger partial charge in [0.15, 0.2) is 0 Å². The molecule has 0 saturated heterocycles. The Morgan fingerprint density at radius 2 is 2.18 bits per heavy atom. The van der Waals surface area contributed by atoms with Crippen LogP contribution in [-0.2, 0) is 10.0 Å². The molecule has 0 spiro atoms. The summed E-state index contributed by atoms with van der Waals surface area (Å²) in [5, 5.41) is 17.7. The molecule has 0 aliphatic rings. The molecule has 2 N–H and O–H groups in total. The van der Waals surface area contributed by atoms with Crippen LogP contribution in [0, 0.1) is 17.2 Å². The molecule has 1 atom stereocenters. The van der Waals surface area contributed by atoms with Gasteiger partial charge in [-0.15, -0.1) is 11.3 Å². The molecule has 1 aromatic heterocycles. The van der Waals surface area contributed by atoms with Gasteiger partial charge in [-0.3, -0.25) is 0 Å².